The van der Waals surface area contributed by atoms with Crippen LogP contribution in [0.25, 0.3) is 11.0 Å². The van der Waals surface area contributed by atoms with Crippen LogP contribution in [-0.2, 0) is 6.54 Å². The zero-order chi connectivity index (χ0) is 9.97. The van der Waals surface area contributed by atoms with Gasteiger partial charge in [-0.25, -0.2) is 14.6 Å². The van der Waals surface area contributed by atoms with Gasteiger partial charge in [-0.1, -0.05) is 17.8 Å². The molecule has 2 rings (SSSR count). The van der Waals surface area contributed by atoms with E-state index in [1.165, 1.54) is 11.8 Å². The summed E-state index contributed by atoms with van der Waals surface area (Å²) in [6.45, 7) is 4.35. The maximum atomic E-state index is 4.38. The van der Waals surface area contributed by atoms with E-state index in [2.05, 4.69) is 21.6 Å². The van der Waals surface area contributed by atoms with Gasteiger partial charge in [-0.2, -0.15) is 5.10 Å². The molecule has 14 heavy (non-hydrogen) atoms. The minimum absolute atomic E-state index is 0.675. The minimum Gasteiger partial charge on any atom is -0.243 e. The molecule has 0 N–H and O–H groups in total. The molecule has 2 heterocycles. The van der Waals surface area contributed by atoms with E-state index < -0.39 is 0 Å². The van der Waals surface area contributed by atoms with E-state index in [1.54, 1.807) is 18.5 Å². The van der Waals surface area contributed by atoms with Gasteiger partial charge >= 0.3 is 0 Å². The molecule has 0 spiro atoms. The molecule has 0 aliphatic rings. The smallest absolute Gasteiger partial charge is 0.189 e. The van der Waals surface area contributed by atoms with Gasteiger partial charge in [0, 0.05) is 6.20 Å². The number of fused-ring (bicyclic) bond motifs is 1. The fraction of sp³-hybridized carbons (Fsp3) is 0.222. The molecule has 0 aliphatic heterocycles. The highest BCUT2D eigenvalue weighted by molar-refractivity contribution is 7.98. The predicted octanol–water partition coefficient (Wildman–Crippen LogP) is 1.73. The van der Waals surface area contributed by atoms with E-state index in [0.29, 0.717) is 6.54 Å². The molecule has 0 radical (unpaired) electrons. The van der Waals surface area contributed by atoms with Crippen LogP contribution in [0.5, 0.6) is 0 Å². The van der Waals surface area contributed by atoms with E-state index in [1.807, 2.05) is 10.9 Å². The topological polar surface area (TPSA) is 43.6 Å². The van der Waals surface area contributed by atoms with Gasteiger partial charge in [-0.05, 0) is 6.26 Å². The summed E-state index contributed by atoms with van der Waals surface area (Å²) in [6, 6.07) is 0. The molecule has 0 saturated carbocycles. The van der Waals surface area contributed by atoms with Gasteiger partial charge in [-0.15, -0.1) is 6.58 Å². The number of nitrogens with zero attached hydrogens (tertiary/aromatic N) is 4. The van der Waals surface area contributed by atoms with E-state index in [4.69, 9.17) is 0 Å². The molecule has 0 unspecified atom stereocenters. The molecule has 0 bridgehead atoms. The first kappa shape index (κ1) is 9.21. The van der Waals surface area contributed by atoms with Crippen LogP contribution in [0.3, 0.4) is 0 Å². The van der Waals surface area contributed by atoms with Crippen LogP contribution in [0.2, 0.25) is 0 Å². The summed E-state index contributed by atoms with van der Waals surface area (Å²) in [5.74, 6) is 0. The lowest BCUT2D eigenvalue weighted by Crippen LogP contribution is -1.99. The average Bonchev–Trinajstić information content (AvgIpc) is 2.61. The SMILES string of the molecule is C=CCn1ncc2cnc(SC)nc21. The van der Waals surface area contributed by atoms with Crippen molar-refractivity contribution in [3.05, 3.63) is 25.0 Å². The van der Waals surface area contributed by atoms with Crippen LogP contribution in [0.1, 0.15) is 0 Å². The van der Waals surface area contributed by atoms with Crippen LogP contribution in [0, 0.1) is 0 Å². The quantitative estimate of drug-likeness (QED) is 0.436. The van der Waals surface area contributed by atoms with Gasteiger partial charge < -0.3 is 0 Å². The summed E-state index contributed by atoms with van der Waals surface area (Å²) in [7, 11) is 0. The zero-order valence-electron chi connectivity index (χ0n) is 7.84. The molecule has 0 aromatic carbocycles. The third kappa shape index (κ3) is 1.50. The third-order valence-corrected chi connectivity index (χ3v) is 2.40. The Morgan fingerprint density at radius 1 is 1.57 bits per heavy atom. The number of hydrogen-bond donors (Lipinski definition) is 0. The van der Waals surface area contributed by atoms with E-state index in [0.717, 1.165) is 16.2 Å². The average molecular weight is 206 g/mol. The number of hydrogen-bond acceptors (Lipinski definition) is 4. The fourth-order valence-electron chi connectivity index (χ4n) is 1.21. The summed E-state index contributed by atoms with van der Waals surface area (Å²) >= 11 is 1.52. The van der Waals surface area contributed by atoms with Gasteiger partial charge in [0.15, 0.2) is 10.8 Å². The van der Waals surface area contributed by atoms with Crippen LogP contribution in [0.4, 0.5) is 0 Å². The lowest BCUT2D eigenvalue weighted by molar-refractivity contribution is 0.715. The monoisotopic (exact) mass is 206 g/mol. The van der Waals surface area contributed by atoms with E-state index in [-0.39, 0.29) is 0 Å². The van der Waals surface area contributed by atoms with Crippen LogP contribution >= 0.6 is 11.8 Å². The Bertz CT molecular complexity index is 463. The Labute approximate surface area is 86.1 Å². The van der Waals surface area contributed by atoms with E-state index in [9.17, 15) is 0 Å². The number of thioether (sulfide) groups is 1. The highest BCUT2D eigenvalue weighted by Crippen LogP contribution is 2.14. The molecule has 72 valence electrons. The Hall–Kier alpha value is -1.36. The van der Waals surface area contributed by atoms with Gasteiger partial charge in [-0.3, -0.25) is 0 Å². The van der Waals surface area contributed by atoms with Crippen molar-refractivity contribution < 1.29 is 0 Å². The first-order valence-electron chi connectivity index (χ1n) is 4.18. The van der Waals surface area contributed by atoms with Gasteiger partial charge in [0.05, 0.1) is 18.1 Å². The molecule has 0 amide bonds. The number of rotatable bonds is 3. The Balaban J connectivity index is 2.57. The van der Waals surface area contributed by atoms with Crippen molar-refractivity contribution in [2.24, 2.45) is 0 Å². The van der Waals surface area contributed by atoms with Crippen molar-refractivity contribution in [3.8, 4) is 0 Å². The molecule has 5 heteroatoms. The fourth-order valence-corrected chi connectivity index (χ4v) is 1.54. The highest BCUT2D eigenvalue weighted by Gasteiger charge is 2.04. The Morgan fingerprint density at radius 2 is 2.43 bits per heavy atom. The molecule has 2 aromatic rings. The molecular formula is C9H10N4S. The van der Waals surface area contributed by atoms with Crippen molar-refractivity contribution >= 4 is 22.8 Å². The van der Waals surface area contributed by atoms with Gasteiger partial charge in [0.2, 0.25) is 0 Å². The summed E-state index contributed by atoms with van der Waals surface area (Å²) in [5.41, 5.74) is 0.865. The Morgan fingerprint density at radius 3 is 3.14 bits per heavy atom. The van der Waals surface area contributed by atoms with Crippen LogP contribution in [0.15, 0.2) is 30.2 Å². The van der Waals surface area contributed by atoms with Crippen LogP contribution < -0.4 is 0 Å². The normalized spacial score (nSPS) is 10.6. The molecule has 0 saturated heterocycles. The summed E-state index contributed by atoms with van der Waals surface area (Å²) in [4.78, 5) is 8.55. The van der Waals surface area contributed by atoms with Crippen molar-refractivity contribution in [2.45, 2.75) is 11.7 Å². The van der Waals surface area contributed by atoms with Crippen molar-refractivity contribution in [1.82, 2.24) is 19.7 Å². The Kier molecular flexibility index (Phi) is 2.49. The second-order valence-corrected chi connectivity index (χ2v) is 3.52. The molecule has 2 aromatic heterocycles. The van der Waals surface area contributed by atoms with Crippen molar-refractivity contribution in [2.75, 3.05) is 6.26 Å². The third-order valence-electron chi connectivity index (χ3n) is 1.84. The zero-order valence-corrected chi connectivity index (χ0v) is 8.66. The minimum atomic E-state index is 0.675. The van der Waals surface area contributed by atoms with Crippen molar-refractivity contribution in [1.29, 1.82) is 0 Å². The standard InChI is InChI=1S/C9H10N4S/c1-3-4-13-8-7(6-11-13)5-10-9(12-8)14-2/h3,5-6H,1,4H2,2H3. The summed E-state index contributed by atoms with van der Waals surface area (Å²) in [6.07, 6.45) is 7.31. The molecule has 0 aliphatic carbocycles. The first-order valence-corrected chi connectivity index (χ1v) is 5.41. The molecule has 4 nitrogen and oxygen atoms in total. The predicted molar refractivity (Wildman–Crippen MR) is 57.3 cm³/mol. The largest absolute Gasteiger partial charge is 0.243 e. The molecule has 0 atom stereocenters. The first-order chi connectivity index (χ1) is 6.85. The van der Waals surface area contributed by atoms with Crippen LogP contribution in [-0.4, -0.2) is 26.0 Å². The van der Waals surface area contributed by atoms with E-state index >= 15 is 0 Å². The maximum absolute atomic E-state index is 4.38. The highest BCUT2D eigenvalue weighted by atomic mass is 32.2. The lowest BCUT2D eigenvalue weighted by atomic mass is 10.4. The summed E-state index contributed by atoms with van der Waals surface area (Å²) < 4.78 is 1.81. The lowest BCUT2D eigenvalue weighted by Gasteiger charge is -1.98. The van der Waals surface area contributed by atoms with Gasteiger partial charge in [0.25, 0.3) is 0 Å². The maximum Gasteiger partial charge on any atom is 0.189 e. The number of aromatic nitrogens is 4. The van der Waals surface area contributed by atoms with Crippen molar-refractivity contribution in [3.63, 3.8) is 0 Å². The molecule has 0 fully saturated rings. The second-order valence-electron chi connectivity index (χ2n) is 2.75. The second kappa shape index (κ2) is 3.79. The molecular weight excluding hydrogens is 196 g/mol. The number of allylic oxidation sites excluding steroid dienone is 1. The van der Waals surface area contributed by atoms with Gasteiger partial charge in [0.1, 0.15) is 0 Å². The summed E-state index contributed by atoms with van der Waals surface area (Å²) in [5, 5.41) is 5.92.